The van der Waals surface area contributed by atoms with Crippen molar-refractivity contribution >= 4 is 11.9 Å². The van der Waals surface area contributed by atoms with E-state index in [-0.39, 0.29) is 11.8 Å². The minimum atomic E-state index is -0.906. The van der Waals surface area contributed by atoms with Crippen LogP contribution in [0.25, 0.3) is 0 Å². The van der Waals surface area contributed by atoms with Gasteiger partial charge in [0.2, 0.25) is 5.91 Å². The summed E-state index contributed by atoms with van der Waals surface area (Å²) in [7, 11) is 1.83. The molecule has 0 spiro atoms. The highest BCUT2D eigenvalue weighted by Crippen LogP contribution is 2.58. The molecule has 2 aliphatic rings. The molecule has 1 aromatic carbocycles. The fourth-order valence-electron chi connectivity index (χ4n) is 3.79. The third kappa shape index (κ3) is 2.67. The first-order chi connectivity index (χ1) is 10.1. The van der Waals surface area contributed by atoms with E-state index in [0.717, 1.165) is 5.56 Å². The van der Waals surface area contributed by atoms with Crippen LogP contribution in [0.5, 0.6) is 0 Å². The van der Waals surface area contributed by atoms with Crippen molar-refractivity contribution in [1.29, 1.82) is 0 Å². The number of nitrogens with zero attached hydrogens (tertiary/aromatic N) is 1. The Kier molecular flexibility index (Phi) is 3.70. The summed E-state index contributed by atoms with van der Waals surface area (Å²) in [4.78, 5) is 25.3. The first-order valence-electron chi connectivity index (χ1n) is 7.65. The van der Waals surface area contributed by atoms with Crippen molar-refractivity contribution in [1.82, 2.24) is 4.90 Å². The lowest BCUT2D eigenvalue weighted by Gasteiger charge is -2.18. The summed E-state index contributed by atoms with van der Waals surface area (Å²) in [5.41, 5.74) is 1.13. The molecule has 2 fully saturated rings. The molecule has 4 heteroatoms. The summed E-state index contributed by atoms with van der Waals surface area (Å²) in [5.74, 6) is 0.852. The van der Waals surface area contributed by atoms with Crippen molar-refractivity contribution in [3.05, 3.63) is 35.4 Å². The predicted molar refractivity (Wildman–Crippen MR) is 79.1 cm³/mol. The first kappa shape index (κ1) is 14.1. The molecule has 1 aromatic rings. The summed E-state index contributed by atoms with van der Waals surface area (Å²) in [6.07, 6.45) is 4.27. The van der Waals surface area contributed by atoms with Crippen molar-refractivity contribution < 1.29 is 14.7 Å². The van der Waals surface area contributed by atoms with E-state index in [0.29, 0.717) is 30.4 Å². The summed E-state index contributed by atoms with van der Waals surface area (Å²) >= 11 is 0. The van der Waals surface area contributed by atoms with Gasteiger partial charge in [0.15, 0.2) is 0 Å². The van der Waals surface area contributed by atoms with E-state index < -0.39 is 5.97 Å². The van der Waals surface area contributed by atoms with Gasteiger partial charge in [-0.05, 0) is 42.7 Å². The number of fused-ring (bicyclic) bond motifs is 1. The average molecular weight is 287 g/mol. The fourth-order valence-corrected chi connectivity index (χ4v) is 3.79. The monoisotopic (exact) mass is 287 g/mol. The molecular weight excluding hydrogens is 266 g/mol. The summed E-state index contributed by atoms with van der Waals surface area (Å²) in [5, 5.41) is 9.17. The molecule has 2 saturated carbocycles. The van der Waals surface area contributed by atoms with Gasteiger partial charge in [-0.15, -0.1) is 0 Å². The van der Waals surface area contributed by atoms with Crippen molar-refractivity contribution in [3.8, 4) is 0 Å². The van der Waals surface area contributed by atoms with Crippen LogP contribution in [0.4, 0.5) is 0 Å². The number of rotatable bonds is 5. The van der Waals surface area contributed by atoms with E-state index in [1.54, 1.807) is 17.0 Å². The number of carbonyl (C=O) groups excluding carboxylic acids is 1. The zero-order chi connectivity index (χ0) is 15.0. The van der Waals surface area contributed by atoms with Crippen molar-refractivity contribution in [2.75, 3.05) is 13.6 Å². The second-order valence-corrected chi connectivity index (χ2v) is 6.26. The number of benzene rings is 1. The van der Waals surface area contributed by atoms with E-state index in [1.807, 2.05) is 19.2 Å². The van der Waals surface area contributed by atoms with Crippen molar-refractivity contribution in [2.24, 2.45) is 17.8 Å². The van der Waals surface area contributed by atoms with Gasteiger partial charge in [0.05, 0.1) is 5.56 Å². The Morgan fingerprint density at radius 2 is 1.90 bits per heavy atom. The van der Waals surface area contributed by atoms with Crippen molar-refractivity contribution in [2.45, 2.75) is 25.7 Å². The van der Waals surface area contributed by atoms with Crippen LogP contribution >= 0.6 is 0 Å². The molecule has 2 unspecified atom stereocenters. The van der Waals surface area contributed by atoms with Gasteiger partial charge in [0.25, 0.3) is 0 Å². The molecule has 112 valence electrons. The average Bonchev–Trinajstić information content (AvgIpc) is 2.96. The highest BCUT2D eigenvalue weighted by atomic mass is 16.4. The Morgan fingerprint density at radius 3 is 2.57 bits per heavy atom. The molecule has 2 aliphatic carbocycles. The highest BCUT2D eigenvalue weighted by molar-refractivity contribution is 5.89. The lowest BCUT2D eigenvalue weighted by atomic mass is 10.0. The third-order valence-electron chi connectivity index (χ3n) is 5.03. The van der Waals surface area contributed by atoms with E-state index >= 15 is 0 Å². The molecule has 0 aromatic heterocycles. The van der Waals surface area contributed by atoms with Crippen LogP contribution in [-0.2, 0) is 11.2 Å². The van der Waals surface area contributed by atoms with Crippen LogP contribution in [0.2, 0.25) is 0 Å². The molecule has 1 N–H and O–H groups in total. The number of amides is 1. The van der Waals surface area contributed by atoms with Crippen LogP contribution in [0.1, 0.15) is 35.2 Å². The Labute approximate surface area is 124 Å². The predicted octanol–water partition coefficient (Wildman–Crippen LogP) is 2.43. The lowest BCUT2D eigenvalue weighted by Crippen LogP contribution is -2.31. The number of aromatic carboxylic acids is 1. The van der Waals surface area contributed by atoms with Gasteiger partial charge in [-0.25, -0.2) is 4.79 Å². The van der Waals surface area contributed by atoms with Gasteiger partial charge in [-0.1, -0.05) is 24.6 Å². The summed E-state index contributed by atoms with van der Waals surface area (Å²) in [6.45, 7) is 0.582. The van der Waals surface area contributed by atoms with Gasteiger partial charge in [0, 0.05) is 19.5 Å². The van der Waals surface area contributed by atoms with E-state index in [4.69, 9.17) is 5.11 Å². The maximum atomic E-state index is 12.4. The zero-order valence-corrected chi connectivity index (χ0v) is 12.3. The molecule has 0 bridgehead atoms. The Hall–Kier alpha value is -1.84. The smallest absolute Gasteiger partial charge is 0.335 e. The molecule has 0 saturated heterocycles. The number of carbonyl (C=O) groups is 2. The Morgan fingerprint density at radius 1 is 1.24 bits per heavy atom. The number of carboxylic acid groups (broad SMARTS) is 1. The largest absolute Gasteiger partial charge is 0.478 e. The quantitative estimate of drug-likeness (QED) is 0.905. The van der Waals surface area contributed by atoms with Gasteiger partial charge in [-0.2, -0.15) is 0 Å². The maximum absolute atomic E-state index is 12.4. The van der Waals surface area contributed by atoms with E-state index in [9.17, 15) is 9.59 Å². The van der Waals surface area contributed by atoms with Crippen LogP contribution in [0, 0.1) is 17.8 Å². The summed E-state index contributed by atoms with van der Waals surface area (Å²) in [6, 6.07) is 7.01. The van der Waals surface area contributed by atoms with Crippen LogP contribution < -0.4 is 0 Å². The molecule has 2 atom stereocenters. The lowest BCUT2D eigenvalue weighted by molar-refractivity contribution is -0.132. The molecule has 0 radical (unpaired) electrons. The standard InChI is InChI=1S/C17H21NO3/c1-18(16(19)15-13-7-4-8-14(13)15)10-9-11-5-2-3-6-12(11)17(20)21/h2-3,5-6,13-15H,4,7-10H2,1H3,(H,20,21). The minimum Gasteiger partial charge on any atom is -0.478 e. The number of carboxylic acids is 1. The van der Waals surface area contributed by atoms with E-state index in [1.165, 1.54) is 19.3 Å². The third-order valence-corrected chi connectivity index (χ3v) is 5.03. The van der Waals surface area contributed by atoms with Crippen LogP contribution in [0.3, 0.4) is 0 Å². The Bertz CT molecular complexity index is 559. The Balaban J connectivity index is 1.58. The second-order valence-electron chi connectivity index (χ2n) is 6.26. The topological polar surface area (TPSA) is 57.6 Å². The van der Waals surface area contributed by atoms with Gasteiger partial charge >= 0.3 is 5.97 Å². The molecule has 0 heterocycles. The van der Waals surface area contributed by atoms with Gasteiger partial charge < -0.3 is 10.0 Å². The molecule has 21 heavy (non-hydrogen) atoms. The van der Waals surface area contributed by atoms with Crippen molar-refractivity contribution in [3.63, 3.8) is 0 Å². The number of hydrogen-bond acceptors (Lipinski definition) is 2. The van der Waals surface area contributed by atoms with Gasteiger partial charge in [0.1, 0.15) is 0 Å². The zero-order valence-electron chi connectivity index (χ0n) is 12.3. The number of hydrogen-bond donors (Lipinski definition) is 1. The molecule has 0 aliphatic heterocycles. The van der Waals surface area contributed by atoms with Crippen LogP contribution in [-0.4, -0.2) is 35.5 Å². The normalized spacial score (nSPS) is 26.2. The van der Waals surface area contributed by atoms with E-state index in [2.05, 4.69) is 0 Å². The summed E-state index contributed by atoms with van der Waals surface area (Å²) < 4.78 is 0. The second kappa shape index (κ2) is 5.51. The molecular formula is C17H21NO3. The molecule has 1 amide bonds. The molecule has 4 nitrogen and oxygen atoms in total. The fraction of sp³-hybridized carbons (Fsp3) is 0.529. The molecule has 3 rings (SSSR count). The maximum Gasteiger partial charge on any atom is 0.335 e. The van der Waals surface area contributed by atoms with Crippen LogP contribution in [0.15, 0.2) is 24.3 Å². The van der Waals surface area contributed by atoms with Gasteiger partial charge in [-0.3, -0.25) is 4.79 Å². The highest BCUT2D eigenvalue weighted by Gasteiger charge is 2.57. The SMILES string of the molecule is CN(CCc1ccccc1C(=O)O)C(=O)C1C2CCCC21. The first-order valence-corrected chi connectivity index (χ1v) is 7.65. The number of likely N-dealkylation sites (N-methyl/N-ethyl adjacent to an activating group) is 1. The minimum absolute atomic E-state index is 0.248.